The van der Waals surface area contributed by atoms with E-state index in [1.165, 1.54) is 0 Å². The fourth-order valence-electron chi connectivity index (χ4n) is 3.18. The summed E-state index contributed by atoms with van der Waals surface area (Å²) in [5.41, 5.74) is 1.48. The van der Waals surface area contributed by atoms with Gasteiger partial charge in [-0.3, -0.25) is 9.59 Å². The molecule has 1 aliphatic heterocycles. The number of methoxy groups -OCH3 is 1. The molecule has 2 aromatic rings. The van der Waals surface area contributed by atoms with Crippen LogP contribution in [0.3, 0.4) is 0 Å². The highest BCUT2D eigenvalue weighted by molar-refractivity contribution is 7.43. The lowest BCUT2D eigenvalue weighted by Gasteiger charge is -2.24. The molecular weight excluding hydrogens is 349 g/mol. The molecule has 2 heterocycles. The number of amides is 1. The molecule has 26 heavy (non-hydrogen) atoms. The number of carbonyl (C=O) groups is 2. The van der Waals surface area contributed by atoms with E-state index in [2.05, 4.69) is 4.98 Å². The van der Waals surface area contributed by atoms with Gasteiger partial charge in [-0.05, 0) is 37.2 Å². The molecule has 1 unspecified atom stereocenters. The highest BCUT2D eigenvalue weighted by atomic mass is 31.1. The number of likely N-dealkylation sites (tertiary alicyclic amines) is 1. The Kier molecular flexibility index (Phi) is 5.84. The Bertz CT molecular complexity index is 808. The van der Waals surface area contributed by atoms with Crippen LogP contribution < -0.4 is 4.74 Å². The number of imidazole rings is 1. The van der Waals surface area contributed by atoms with E-state index in [0.29, 0.717) is 11.0 Å². The molecule has 0 N–H and O–H groups in total. The van der Waals surface area contributed by atoms with Gasteiger partial charge in [0.25, 0.3) is 0 Å². The molecule has 1 aromatic carbocycles. The molecule has 0 aliphatic carbocycles. The van der Waals surface area contributed by atoms with Crippen molar-refractivity contribution < 1.29 is 14.3 Å². The van der Waals surface area contributed by atoms with Crippen LogP contribution in [0.5, 0.6) is 5.75 Å². The number of carbonyl (C=O) groups excluding carboxylic acids is 2. The molecule has 1 aromatic heterocycles. The van der Waals surface area contributed by atoms with Crippen molar-refractivity contribution in [3.63, 3.8) is 0 Å². The number of ether oxygens (including phenoxy) is 1. The Morgan fingerprint density at radius 1 is 1.27 bits per heavy atom. The summed E-state index contributed by atoms with van der Waals surface area (Å²) in [6.45, 7) is 3.46. The highest BCUT2D eigenvalue weighted by Gasteiger charge is 2.29. The zero-order valence-electron chi connectivity index (χ0n) is 15.0. The van der Waals surface area contributed by atoms with E-state index in [4.69, 9.17) is 4.74 Å². The molecule has 7 heteroatoms. The second-order valence-electron chi connectivity index (χ2n) is 6.14. The maximum absolute atomic E-state index is 13.2. The van der Waals surface area contributed by atoms with Gasteiger partial charge in [0.2, 0.25) is 5.91 Å². The van der Waals surface area contributed by atoms with Crippen LogP contribution in [0.25, 0.3) is 0 Å². The summed E-state index contributed by atoms with van der Waals surface area (Å²) >= 11 is 0. The van der Waals surface area contributed by atoms with E-state index < -0.39 is 6.04 Å². The first-order chi connectivity index (χ1) is 12.7. The molecule has 1 atom stereocenters. The number of nitrogens with zero attached hydrogens (tertiary/aromatic N) is 3. The maximum Gasteiger partial charge on any atom is 0.250 e. The Morgan fingerprint density at radius 3 is 2.54 bits per heavy atom. The van der Waals surface area contributed by atoms with Gasteiger partial charge in [-0.25, -0.2) is 4.98 Å². The molecule has 6 nitrogen and oxygen atoms in total. The van der Waals surface area contributed by atoms with Crippen LogP contribution in [-0.2, 0) is 9.59 Å². The zero-order chi connectivity index (χ0) is 18.5. The van der Waals surface area contributed by atoms with Crippen LogP contribution >= 0.6 is 8.20 Å². The summed E-state index contributed by atoms with van der Waals surface area (Å²) in [7, 11) is 2.47. The third-order valence-corrected chi connectivity index (χ3v) is 5.41. The second-order valence-corrected chi connectivity index (χ2v) is 7.07. The smallest absolute Gasteiger partial charge is 0.250 e. The Labute approximate surface area is 154 Å². The minimum Gasteiger partial charge on any atom is -0.497 e. The summed E-state index contributed by atoms with van der Waals surface area (Å²) in [5.74, 6) is 0.798. The average Bonchev–Trinajstić information content (AvgIpc) is 3.36. The van der Waals surface area contributed by atoms with Gasteiger partial charge < -0.3 is 14.2 Å². The lowest BCUT2D eigenvalue weighted by molar-refractivity contribution is -0.132. The molecule has 1 fully saturated rings. The van der Waals surface area contributed by atoms with Gasteiger partial charge in [0.1, 0.15) is 11.8 Å². The van der Waals surface area contributed by atoms with Crippen molar-refractivity contribution in [1.82, 2.24) is 14.5 Å². The van der Waals surface area contributed by atoms with Gasteiger partial charge in [-0.2, -0.15) is 0 Å². The molecule has 136 valence electrons. The van der Waals surface area contributed by atoms with E-state index in [-0.39, 0.29) is 5.91 Å². The number of rotatable bonds is 6. The molecule has 0 bridgehead atoms. The molecule has 0 saturated carbocycles. The van der Waals surface area contributed by atoms with Crippen molar-refractivity contribution in [2.24, 2.45) is 0 Å². The van der Waals surface area contributed by atoms with Crippen LogP contribution in [0, 0.1) is 0 Å². The Morgan fingerprint density at radius 2 is 1.96 bits per heavy atom. The number of aldehydes is 1. The van der Waals surface area contributed by atoms with Crippen molar-refractivity contribution in [2.45, 2.75) is 18.9 Å². The number of benzene rings is 1. The lowest BCUT2D eigenvalue weighted by atomic mass is 10.1. The molecule has 3 rings (SSSR count). The minimum atomic E-state index is -0.498. The average molecular weight is 371 g/mol. The van der Waals surface area contributed by atoms with Gasteiger partial charge >= 0.3 is 0 Å². The summed E-state index contributed by atoms with van der Waals surface area (Å²) in [4.78, 5) is 30.6. The number of aromatic nitrogens is 2. The fraction of sp³-hybridized carbons (Fsp3) is 0.368. The van der Waals surface area contributed by atoms with Crippen molar-refractivity contribution in [3.8, 4) is 5.75 Å². The van der Waals surface area contributed by atoms with Crippen molar-refractivity contribution >= 4 is 25.7 Å². The predicted molar refractivity (Wildman–Crippen MR) is 102 cm³/mol. The van der Waals surface area contributed by atoms with E-state index >= 15 is 0 Å². The van der Waals surface area contributed by atoms with Gasteiger partial charge in [0.05, 0.1) is 24.4 Å². The summed E-state index contributed by atoms with van der Waals surface area (Å²) < 4.78 is 7.02. The van der Waals surface area contributed by atoms with Crippen LogP contribution in [0.1, 0.15) is 30.1 Å². The standard InChI is InChI=1S/C19H22N3O3P/c1-25-15-7-5-14(6-8-15)18(19(24)21-9-3-4-10-21)22-11-16(20-13-22)17(12-23)26-2/h5-8,11-13,18H,3-4,9-10H2,1-2H3. The monoisotopic (exact) mass is 371 g/mol. The maximum atomic E-state index is 13.2. The molecule has 0 radical (unpaired) electrons. The van der Waals surface area contributed by atoms with Crippen LogP contribution in [-0.4, -0.2) is 58.8 Å². The second kappa shape index (κ2) is 8.28. The number of hydrogen-bond acceptors (Lipinski definition) is 4. The first kappa shape index (κ1) is 18.3. The first-order valence-corrected chi connectivity index (χ1v) is 9.90. The van der Waals surface area contributed by atoms with Gasteiger partial charge in [0.15, 0.2) is 6.29 Å². The van der Waals surface area contributed by atoms with Crippen LogP contribution in [0.4, 0.5) is 0 Å². The topological polar surface area (TPSA) is 64.4 Å². The van der Waals surface area contributed by atoms with E-state index in [1.807, 2.05) is 35.8 Å². The molecule has 1 amide bonds. The molecule has 1 saturated heterocycles. The molecule has 0 spiro atoms. The summed E-state index contributed by atoms with van der Waals surface area (Å²) in [5, 5.41) is 0.603. The molecule has 1 aliphatic rings. The van der Waals surface area contributed by atoms with E-state index in [0.717, 1.165) is 51.7 Å². The van der Waals surface area contributed by atoms with Crippen LogP contribution in [0.2, 0.25) is 0 Å². The quantitative estimate of drug-likeness (QED) is 0.578. The SMILES string of the molecule is COc1ccc(C(C(=O)N2CCCC2)n2cnc(C(C=O)=PC)c2)cc1. The van der Waals surface area contributed by atoms with Crippen molar-refractivity contribution in [2.75, 3.05) is 26.9 Å². The summed E-state index contributed by atoms with van der Waals surface area (Å²) in [6, 6.07) is 7.01. The van der Waals surface area contributed by atoms with E-state index in [9.17, 15) is 9.59 Å². The van der Waals surface area contributed by atoms with E-state index in [1.54, 1.807) is 24.2 Å². The normalized spacial score (nSPS) is 15.8. The number of hydrogen-bond donors (Lipinski definition) is 0. The minimum absolute atomic E-state index is 0.0540. The van der Waals surface area contributed by atoms with Gasteiger partial charge in [-0.15, -0.1) is 0 Å². The van der Waals surface area contributed by atoms with Crippen molar-refractivity contribution in [3.05, 3.63) is 48.0 Å². The lowest BCUT2D eigenvalue weighted by Crippen LogP contribution is -2.35. The largest absolute Gasteiger partial charge is 0.497 e. The van der Waals surface area contributed by atoms with Gasteiger partial charge in [-0.1, -0.05) is 20.3 Å². The Balaban J connectivity index is 1.99. The third kappa shape index (κ3) is 3.70. The summed E-state index contributed by atoms with van der Waals surface area (Å²) in [6.07, 6.45) is 6.30. The van der Waals surface area contributed by atoms with Crippen molar-refractivity contribution in [1.29, 1.82) is 0 Å². The predicted octanol–water partition coefficient (Wildman–Crippen LogP) is 2.40. The Hall–Kier alpha value is -2.46. The molecular formula is C19H22N3O3P. The van der Waals surface area contributed by atoms with Crippen LogP contribution in [0.15, 0.2) is 36.8 Å². The zero-order valence-corrected chi connectivity index (χ0v) is 15.9. The highest BCUT2D eigenvalue weighted by Crippen LogP contribution is 2.26. The fourth-order valence-corrected chi connectivity index (χ4v) is 3.63. The third-order valence-electron chi connectivity index (χ3n) is 4.60. The first-order valence-electron chi connectivity index (χ1n) is 8.56. The van der Waals surface area contributed by atoms with Gasteiger partial charge in [0, 0.05) is 19.3 Å².